The Balaban J connectivity index is 2.76. The summed E-state index contributed by atoms with van der Waals surface area (Å²) in [5.41, 5.74) is 0.402. The number of nitro benzene ring substituents is 1. The van der Waals surface area contributed by atoms with Gasteiger partial charge in [-0.2, -0.15) is 0 Å². The molecule has 2 N–H and O–H groups in total. The molecule has 21 heavy (non-hydrogen) atoms. The van der Waals surface area contributed by atoms with Gasteiger partial charge in [0.1, 0.15) is 6.04 Å². The highest BCUT2D eigenvalue weighted by molar-refractivity contribution is 5.94. The van der Waals surface area contributed by atoms with Crippen molar-refractivity contribution in [1.29, 1.82) is 0 Å². The number of carbonyl (C=O) groups excluding carboxylic acids is 1. The van der Waals surface area contributed by atoms with E-state index in [0.29, 0.717) is 5.56 Å². The Kier molecular flexibility index (Phi) is 5.59. The molecule has 1 amide bonds. The third-order valence-electron chi connectivity index (χ3n) is 2.74. The maximum Gasteiger partial charge on any atom is 0.326 e. The second kappa shape index (κ2) is 7.18. The molecule has 0 aliphatic rings. The first-order valence-electron chi connectivity index (χ1n) is 6.27. The maximum atomic E-state index is 11.7. The lowest BCUT2D eigenvalue weighted by Gasteiger charge is -2.16. The highest BCUT2D eigenvalue weighted by Gasteiger charge is 2.22. The fourth-order valence-electron chi connectivity index (χ4n) is 1.63. The molecule has 0 bridgehead atoms. The second-order valence-electron chi connectivity index (χ2n) is 4.75. The van der Waals surface area contributed by atoms with Crippen LogP contribution in [0.5, 0.6) is 0 Å². The molecule has 0 saturated heterocycles. The Bertz CT molecular complexity index is 580. The minimum absolute atomic E-state index is 0.0804. The molecular formula is C14H16N2O5. The average molecular weight is 292 g/mol. The van der Waals surface area contributed by atoms with Crippen molar-refractivity contribution >= 4 is 23.6 Å². The summed E-state index contributed by atoms with van der Waals surface area (Å²) in [6, 6.07) is 4.79. The molecule has 1 rings (SSSR count). The van der Waals surface area contributed by atoms with Gasteiger partial charge in [-0.1, -0.05) is 26.0 Å². The van der Waals surface area contributed by atoms with Crippen molar-refractivity contribution in [1.82, 2.24) is 5.32 Å². The first-order chi connectivity index (χ1) is 9.81. The fourth-order valence-corrected chi connectivity index (χ4v) is 1.63. The zero-order valence-electron chi connectivity index (χ0n) is 11.6. The normalized spacial score (nSPS) is 12.3. The van der Waals surface area contributed by atoms with E-state index >= 15 is 0 Å². The minimum Gasteiger partial charge on any atom is -0.480 e. The molecule has 0 saturated carbocycles. The van der Waals surface area contributed by atoms with Crippen molar-refractivity contribution in [3.63, 3.8) is 0 Å². The molecule has 0 aliphatic carbocycles. The molecule has 0 aliphatic heterocycles. The Hall–Kier alpha value is -2.70. The summed E-state index contributed by atoms with van der Waals surface area (Å²) in [6.45, 7) is 3.37. The number of carboxylic acids is 1. The van der Waals surface area contributed by atoms with Crippen molar-refractivity contribution in [2.45, 2.75) is 19.9 Å². The molecule has 7 heteroatoms. The SMILES string of the molecule is CC(C)[C@H](NC(=O)/C=C/c1cccc([N+](=O)[O-])c1)C(=O)O. The number of non-ortho nitro benzene ring substituents is 1. The van der Waals surface area contributed by atoms with Crippen molar-refractivity contribution in [3.05, 3.63) is 46.0 Å². The molecule has 0 aromatic heterocycles. The summed E-state index contributed by atoms with van der Waals surface area (Å²) in [7, 11) is 0. The monoisotopic (exact) mass is 292 g/mol. The summed E-state index contributed by atoms with van der Waals surface area (Å²) >= 11 is 0. The molecule has 7 nitrogen and oxygen atoms in total. The molecule has 112 valence electrons. The van der Waals surface area contributed by atoms with Gasteiger partial charge >= 0.3 is 5.97 Å². The molecule has 1 aromatic carbocycles. The molecule has 0 spiro atoms. The van der Waals surface area contributed by atoms with Crippen LogP contribution in [0.15, 0.2) is 30.3 Å². The molecular weight excluding hydrogens is 276 g/mol. The van der Waals surface area contributed by atoms with Gasteiger partial charge in [-0.3, -0.25) is 14.9 Å². The van der Waals surface area contributed by atoms with E-state index in [4.69, 9.17) is 5.11 Å². The number of carboxylic acid groups (broad SMARTS) is 1. The van der Waals surface area contributed by atoms with Crippen LogP contribution in [0, 0.1) is 16.0 Å². The summed E-state index contributed by atoms with van der Waals surface area (Å²) in [5.74, 6) is -1.93. The van der Waals surface area contributed by atoms with E-state index < -0.39 is 22.8 Å². The number of aliphatic carboxylic acids is 1. The fraction of sp³-hybridized carbons (Fsp3) is 0.286. The van der Waals surface area contributed by atoms with Crippen LogP contribution in [0.1, 0.15) is 19.4 Å². The summed E-state index contributed by atoms with van der Waals surface area (Å²) in [6.07, 6.45) is 2.54. The topological polar surface area (TPSA) is 110 Å². The van der Waals surface area contributed by atoms with E-state index in [9.17, 15) is 19.7 Å². The lowest BCUT2D eigenvalue weighted by molar-refractivity contribution is -0.384. The molecule has 0 radical (unpaired) electrons. The highest BCUT2D eigenvalue weighted by atomic mass is 16.6. The second-order valence-corrected chi connectivity index (χ2v) is 4.75. The smallest absolute Gasteiger partial charge is 0.326 e. The van der Waals surface area contributed by atoms with Gasteiger partial charge in [-0.25, -0.2) is 4.79 Å². The van der Waals surface area contributed by atoms with Crippen LogP contribution in [0.25, 0.3) is 6.08 Å². The van der Waals surface area contributed by atoms with Crippen LogP contribution < -0.4 is 5.32 Å². The summed E-state index contributed by atoms with van der Waals surface area (Å²) in [5, 5.41) is 21.9. The lowest BCUT2D eigenvalue weighted by atomic mass is 10.0. The summed E-state index contributed by atoms with van der Waals surface area (Å²) < 4.78 is 0. The molecule has 0 unspecified atom stereocenters. The van der Waals surface area contributed by atoms with Crippen LogP contribution in [0.4, 0.5) is 5.69 Å². The number of benzene rings is 1. The van der Waals surface area contributed by atoms with Crippen LogP contribution in [0.2, 0.25) is 0 Å². The third kappa shape index (κ3) is 5.06. The first-order valence-corrected chi connectivity index (χ1v) is 6.27. The standard InChI is InChI=1S/C14H16N2O5/c1-9(2)13(14(18)19)15-12(17)7-6-10-4-3-5-11(8-10)16(20)21/h3-9,13H,1-2H3,(H,15,17)(H,18,19)/b7-6+/t13-/m0/s1. The maximum absolute atomic E-state index is 11.7. The molecule has 0 fully saturated rings. The van der Waals surface area contributed by atoms with E-state index in [1.807, 2.05) is 0 Å². The zero-order valence-corrected chi connectivity index (χ0v) is 11.6. The molecule has 1 atom stereocenters. The van der Waals surface area contributed by atoms with Gasteiger partial charge in [0, 0.05) is 18.2 Å². The van der Waals surface area contributed by atoms with Gasteiger partial charge in [-0.15, -0.1) is 0 Å². The number of hydrogen-bond acceptors (Lipinski definition) is 4. The minimum atomic E-state index is -1.11. The summed E-state index contributed by atoms with van der Waals surface area (Å²) in [4.78, 5) is 32.7. The van der Waals surface area contributed by atoms with E-state index in [0.717, 1.165) is 6.08 Å². The Morgan fingerprint density at radius 3 is 2.57 bits per heavy atom. The van der Waals surface area contributed by atoms with Crippen LogP contribution in [0.3, 0.4) is 0 Å². The number of rotatable bonds is 6. The lowest BCUT2D eigenvalue weighted by Crippen LogP contribution is -2.43. The zero-order chi connectivity index (χ0) is 16.0. The largest absolute Gasteiger partial charge is 0.480 e. The number of nitro groups is 1. The Morgan fingerprint density at radius 1 is 1.38 bits per heavy atom. The van der Waals surface area contributed by atoms with Crippen molar-refractivity contribution in [3.8, 4) is 0 Å². The Morgan fingerprint density at radius 2 is 2.05 bits per heavy atom. The number of nitrogens with zero attached hydrogens (tertiary/aromatic N) is 1. The van der Waals surface area contributed by atoms with Gasteiger partial charge in [0.2, 0.25) is 5.91 Å². The van der Waals surface area contributed by atoms with E-state index in [-0.39, 0.29) is 11.6 Å². The van der Waals surface area contributed by atoms with Crippen LogP contribution in [-0.2, 0) is 9.59 Å². The predicted molar refractivity (Wildman–Crippen MR) is 76.5 cm³/mol. The number of hydrogen-bond donors (Lipinski definition) is 2. The average Bonchev–Trinajstić information content (AvgIpc) is 2.42. The number of amides is 1. The van der Waals surface area contributed by atoms with Gasteiger partial charge in [0.15, 0.2) is 0 Å². The third-order valence-corrected chi connectivity index (χ3v) is 2.74. The molecule has 0 heterocycles. The van der Waals surface area contributed by atoms with Crippen LogP contribution >= 0.6 is 0 Å². The van der Waals surface area contributed by atoms with Gasteiger partial charge in [0.25, 0.3) is 5.69 Å². The Labute approximate surface area is 121 Å². The number of carbonyl (C=O) groups is 2. The van der Waals surface area contributed by atoms with E-state index in [1.54, 1.807) is 19.9 Å². The van der Waals surface area contributed by atoms with Gasteiger partial charge in [0.05, 0.1) is 4.92 Å². The van der Waals surface area contributed by atoms with Gasteiger partial charge < -0.3 is 10.4 Å². The first kappa shape index (κ1) is 16.4. The number of nitrogens with one attached hydrogen (secondary N) is 1. The van der Waals surface area contributed by atoms with E-state index in [2.05, 4.69) is 5.32 Å². The molecule has 1 aromatic rings. The predicted octanol–water partition coefficient (Wildman–Crippen LogP) is 1.83. The highest BCUT2D eigenvalue weighted by Crippen LogP contribution is 2.14. The van der Waals surface area contributed by atoms with Crippen molar-refractivity contribution < 1.29 is 19.6 Å². The van der Waals surface area contributed by atoms with Crippen LogP contribution in [-0.4, -0.2) is 27.9 Å². The van der Waals surface area contributed by atoms with Crippen molar-refractivity contribution in [2.75, 3.05) is 0 Å². The van der Waals surface area contributed by atoms with E-state index in [1.165, 1.54) is 24.3 Å². The quantitative estimate of drug-likeness (QED) is 0.472. The van der Waals surface area contributed by atoms with Crippen molar-refractivity contribution in [2.24, 2.45) is 5.92 Å². The van der Waals surface area contributed by atoms with Gasteiger partial charge in [-0.05, 0) is 17.6 Å².